The van der Waals surface area contributed by atoms with Crippen molar-refractivity contribution < 1.29 is 9.53 Å². The molecule has 0 aliphatic rings. The molecule has 2 rings (SSSR count). The first-order valence-electron chi connectivity index (χ1n) is 7.40. The van der Waals surface area contributed by atoms with Crippen LogP contribution in [-0.4, -0.2) is 38.1 Å². The zero-order valence-corrected chi connectivity index (χ0v) is 14.9. The molecule has 1 N–H and O–H groups in total. The Hall–Kier alpha value is -1.56. The number of thiophene rings is 1. The zero-order chi connectivity index (χ0) is 16.7. The molecule has 0 saturated carbocycles. The molecular formula is C17H21ClN2O2S. The van der Waals surface area contributed by atoms with Gasteiger partial charge in [-0.25, -0.2) is 0 Å². The number of amides is 1. The molecule has 0 radical (unpaired) electrons. The Kier molecular flexibility index (Phi) is 6.89. The van der Waals surface area contributed by atoms with Gasteiger partial charge >= 0.3 is 0 Å². The first kappa shape index (κ1) is 17.8. The minimum absolute atomic E-state index is 0.0129. The van der Waals surface area contributed by atoms with Crippen LogP contribution in [0, 0.1) is 0 Å². The van der Waals surface area contributed by atoms with Gasteiger partial charge in [0.15, 0.2) is 0 Å². The number of rotatable bonds is 8. The molecule has 0 aliphatic carbocycles. The molecule has 0 bridgehead atoms. The van der Waals surface area contributed by atoms with E-state index in [1.165, 1.54) is 5.56 Å². The summed E-state index contributed by atoms with van der Waals surface area (Å²) in [4.78, 5) is 14.1. The minimum Gasteiger partial charge on any atom is -0.493 e. The number of halogens is 1. The van der Waals surface area contributed by atoms with Crippen LogP contribution in [0.5, 0.6) is 5.75 Å². The van der Waals surface area contributed by atoms with E-state index in [-0.39, 0.29) is 11.9 Å². The highest BCUT2D eigenvalue weighted by Gasteiger charge is 2.15. The number of nitrogens with zero attached hydrogens (tertiary/aromatic N) is 1. The van der Waals surface area contributed by atoms with Gasteiger partial charge in [0, 0.05) is 11.6 Å². The van der Waals surface area contributed by atoms with Crippen molar-refractivity contribution in [1.82, 2.24) is 10.2 Å². The number of carbonyl (C=O) groups excluding carboxylic acids is 1. The summed E-state index contributed by atoms with van der Waals surface area (Å²) in [5.74, 6) is 0.702. The van der Waals surface area contributed by atoms with Crippen LogP contribution in [0.4, 0.5) is 0 Å². The van der Waals surface area contributed by atoms with Crippen LogP contribution in [0.1, 0.15) is 18.0 Å². The van der Waals surface area contributed by atoms with Crippen LogP contribution in [-0.2, 0) is 4.79 Å². The molecule has 4 nitrogen and oxygen atoms in total. The minimum atomic E-state index is -0.0129. The van der Waals surface area contributed by atoms with E-state index in [0.29, 0.717) is 30.3 Å². The second-order valence-electron chi connectivity index (χ2n) is 5.39. The van der Waals surface area contributed by atoms with Crippen LogP contribution >= 0.6 is 22.9 Å². The first-order valence-corrected chi connectivity index (χ1v) is 8.72. The highest BCUT2D eigenvalue weighted by Crippen LogP contribution is 2.20. The second-order valence-corrected chi connectivity index (χ2v) is 6.61. The molecule has 124 valence electrons. The summed E-state index contributed by atoms with van der Waals surface area (Å²) >= 11 is 7.48. The van der Waals surface area contributed by atoms with Crippen molar-refractivity contribution in [3.05, 3.63) is 51.7 Å². The van der Waals surface area contributed by atoms with Crippen molar-refractivity contribution in [3.63, 3.8) is 0 Å². The Morgan fingerprint density at radius 2 is 2.04 bits per heavy atom. The third-order valence-corrected chi connectivity index (χ3v) is 4.41. The van der Waals surface area contributed by atoms with Crippen LogP contribution in [0.15, 0.2) is 41.1 Å². The Balaban J connectivity index is 1.73. The molecule has 23 heavy (non-hydrogen) atoms. The van der Waals surface area contributed by atoms with Crippen LogP contribution in [0.2, 0.25) is 5.02 Å². The zero-order valence-electron chi connectivity index (χ0n) is 13.3. The number of carbonyl (C=O) groups is 1. The normalized spacial score (nSPS) is 12.2. The number of likely N-dealkylation sites (N-methyl/N-ethyl adjacent to an activating group) is 1. The van der Waals surface area contributed by atoms with Crippen molar-refractivity contribution in [1.29, 1.82) is 0 Å². The van der Waals surface area contributed by atoms with Crippen LogP contribution in [0.25, 0.3) is 0 Å². The van der Waals surface area contributed by atoms with Crippen molar-refractivity contribution in [3.8, 4) is 5.75 Å². The number of nitrogens with one attached hydrogen (secondary N) is 1. The van der Waals surface area contributed by atoms with E-state index in [1.54, 1.807) is 35.6 Å². The van der Waals surface area contributed by atoms with E-state index in [0.717, 1.165) is 0 Å². The fraction of sp³-hybridized carbons (Fsp3) is 0.353. The third-order valence-electron chi connectivity index (χ3n) is 3.46. The van der Waals surface area contributed by atoms with E-state index in [9.17, 15) is 4.79 Å². The van der Waals surface area contributed by atoms with E-state index >= 15 is 0 Å². The van der Waals surface area contributed by atoms with E-state index in [4.69, 9.17) is 16.3 Å². The lowest BCUT2D eigenvalue weighted by atomic mass is 10.1. The van der Waals surface area contributed by atoms with Gasteiger partial charge in [-0.05, 0) is 60.8 Å². The molecule has 1 atom stereocenters. The van der Waals surface area contributed by atoms with Gasteiger partial charge < -0.3 is 15.0 Å². The lowest BCUT2D eigenvalue weighted by Crippen LogP contribution is -2.34. The lowest BCUT2D eigenvalue weighted by molar-refractivity contribution is -0.121. The maximum Gasteiger partial charge on any atom is 0.223 e. The average molecular weight is 353 g/mol. The molecule has 1 heterocycles. The van der Waals surface area contributed by atoms with Crippen molar-refractivity contribution in [2.75, 3.05) is 27.2 Å². The third kappa shape index (κ3) is 5.86. The molecule has 0 aliphatic heterocycles. The molecular weight excluding hydrogens is 332 g/mol. The van der Waals surface area contributed by atoms with E-state index in [1.807, 2.05) is 19.5 Å². The fourth-order valence-corrected chi connectivity index (χ4v) is 2.99. The Labute approximate surface area is 146 Å². The van der Waals surface area contributed by atoms with Gasteiger partial charge in [0.2, 0.25) is 5.91 Å². The van der Waals surface area contributed by atoms with Gasteiger partial charge in [0.1, 0.15) is 5.75 Å². The summed E-state index contributed by atoms with van der Waals surface area (Å²) in [6.07, 6.45) is 0.326. The highest BCUT2D eigenvalue weighted by molar-refractivity contribution is 7.07. The van der Waals surface area contributed by atoms with Crippen LogP contribution < -0.4 is 10.1 Å². The van der Waals surface area contributed by atoms with Crippen LogP contribution in [0.3, 0.4) is 0 Å². The van der Waals surface area contributed by atoms with E-state index in [2.05, 4.69) is 21.7 Å². The standard InChI is InChI=1S/C17H21ClN2O2S/c1-20(2)16(13-8-10-23-12-13)11-19-17(21)7-9-22-15-5-3-14(18)4-6-15/h3-6,8,10,12,16H,7,9,11H2,1-2H3,(H,19,21)/t16-/m1/s1. The number of hydrogen-bond acceptors (Lipinski definition) is 4. The largest absolute Gasteiger partial charge is 0.493 e. The lowest BCUT2D eigenvalue weighted by Gasteiger charge is -2.24. The molecule has 0 spiro atoms. The molecule has 0 unspecified atom stereocenters. The van der Waals surface area contributed by atoms with Gasteiger partial charge in [-0.1, -0.05) is 11.6 Å². The first-order chi connectivity index (χ1) is 11.1. The summed E-state index contributed by atoms with van der Waals surface area (Å²) in [7, 11) is 4.02. The number of ether oxygens (including phenoxy) is 1. The number of benzene rings is 1. The molecule has 1 amide bonds. The summed E-state index contributed by atoms with van der Waals surface area (Å²) in [5, 5.41) is 7.80. The molecule has 2 aromatic rings. The molecule has 0 saturated heterocycles. The number of hydrogen-bond donors (Lipinski definition) is 1. The van der Waals surface area contributed by atoms with Crippen molar-refractivity contribution in [2.24, 2.45) is 0 Å². The SMILES string of the molecule is CN(C)[C@H](CNC(=O)CCOc1ccc(Cl)cc1)c1ccsc1. The monoisotopic (exact) mass is 352 g/mol. The molecule has 0 fully saturated rings. The summed E-state index contributed by atoms with van der Waals surface area (Å²) in [6.45, 7) is 0.933. The predicted octanol–water partition coefficient (Wildman–Crippen LogP) is 3.59. The summed E-state index contributed by atoms with van der Waals surface area (Å²) < 4.78 is 5.53. The maximum absolute atomic E-state index is 12.0. The van der Waals surface area contributed by atoms with Gasteiger partial charge in [-0.15, -0.1) is 0 Å². The second kappa shape index (κ2) is 8.91. The van der Waals surface area contributed by atoms with Gasteiger partial charge in [-0.3, -0.25) is 4.79 Å². The smallest absolute Gasteiger partial charge is 0.223 e. The van der Waals surface area contributed by atoms with Gasteiger partial charge in [0.05, 0.1) is 19.1 Å². The highest BCUT2D eigenvalue weighted by atomic mass is 35.5. The average Bonchev–Trinajstić information content (AvgIpc) is 3.03. The Bertz CT molecular complexity index is 600. The van der Waals surface area contributed by atoms with Gasteiger partial charge in [0.25, 0.3) is 0 Å². The quantitative estimate of drug-likeness (QED) is 0.789. The molecule has 6 heteroatoms. The Morgan fingerprint density at radius 3 is 2.65 bits per heavy atom. The van der Waals surface area contributed by atoms with Gasteiger partial charge in [-0.2, -0.15) is 11.3 Å². The topological polar surface area (TPSA) is 41.6 Å². The predicted molar refractivity (Wildman–Crippen MR) is 95.3 cm³/mol. The molecule has 1 aromatic heterocycles. The maximum atomic E-state index is 12.0. The summed E-state index contributed by atoms with van der Waals surface area (Å²) in [5.41, 5.74) is 1.22. The van der Waals surface area contributed by atoms with Crippen molar-refractivity contribution in [2.45, 2.75) is 12.5 Å². The van der Waals surface area contributed by atoms with E-state index < -0.39 is 0 Å². The Morgan fingerprint density at radius 1 is 1.30 bits per heavy atom. The fourth-order valence-electron chi connectivity index (χ4n) is 2.15. The van der Waals surface area contributed by atoms with Crippen molar-refractivity contribution >= 4 is 28.8 Å². The molecule has 1 aromatic carbocycles. The summed E-state index contributed by atoms with van der Waals surface area (Å²) in [6, 6.07) is 9.38.